The maximum atomic E-state index is 10.8. The van der Waals surface area contributed by atoms with Gasteiger partial charge in [-0.25, -0.2) is 4.79 Å². The third-order valence-electron chi connectivity index (χ3n) is 4.42. The Morgan fingerprint density at radius 3 is 2.55 bits per heavy atom. The van der Waals surface area contributed by atoms with Gasteiger partial charge in [0.25, 0.3) is 0 Å². The SMILES string of the molecule is CC(C)C1CCCN(Cc2ccc(C(=O)O)cc2)CC1. The van der Waals surface area contributed by atoms with E-state index in [0.29, 0.717) is 5.56 Å². The Morgan fingerprint density at radius 1 is 1.25 bits per heavy atom. The van der Waals surface area contributed by atoms with Crippen LogP contribution in [0.4, 0.5) is 0 Å². The molecule has 0 radical (unpaired) electrons. The zero-order valence-corrected chi connectivity index (χ0v) is 12.5. The molecule has 1 aromatic carbocycles. The molecule has 3 heteroatoms. The average Bonchev–Trinajstić information content (AvgIpc) is 2.65. The fourth-order valence-corrected chi connectivity index (χ4v) is 3.02. The van der Waals surface area contributed by atoms with Crippen LogP contribution in [0.25, 0.3) is 0 Å². The minimum Gasteiger partial charge on any atom is -0.478 e. The summed E-state index contributed by atoms with van der Waals surface area (Å²) >= 11 is 0. The van der Waals surface area contributed by atoms with Crippen molar-refractivity contribution in [3.63, 3.8) is 0 Å². The fraction of sp³-hybridized carbons (Fsp3) is 0.588. The molecule has 1 unspecified atom stereocenters. The number of carbonyl (C=O) groups is 1. The third-order valence-corrected chi connectivity index (χ3v) is 4.42. The van der Waals surface area contributed by atoms with Crippen LogP contribution < -0.4 is 0 Å². The van der Waals surface area contributed by atoms with Gasteiger partial charge in [0.1, 0.15) is 0 Å². The predicted octanol–water partition coefficient (Wildman–Crippen LogP) is 3.64. The van der Waals surface area contributed by atoms with Crippen LogP contribution in [-0.4, -0.2) is 29.1 Å². The Bertz CT molecular complexity index is 439. The molecule has 1 heterocycles. The second-order valence-electron chi connectivity index (χ2n) is 6.21. The Balaban J connectivity index is 1.91. The van der Waals surface area contributed by atoms with Crippen molar-refractivity contribution in [3.05, 3.63) is 35.4 Å². The molecule has 1 saturated heterocycles. The lowest BCUT2D eigenvalue weighted by Gasteiger charge is -2.21. The van der Waals surface area contributed by atoms with Gasteiger partial charge in [-0.1, -0.05) is 26.0 Å². The van der Waals surface area contributed by atoms with Gasteiger partial charge in [0.05, 0.1) is 5.56 Å². The molecule has 1 aliphatic rings. The lowest BCUT2D eigenvalue weighted by Crippen LogP contribution is -2.24. The summed E-state index contributed by atoms with van der Waals surface area (Å²) in [5.74, 6) is 0.783. The lowest BCUT2D eigenvalue weighted by molar-refractivity contribution is 0.0697. The number of rotatable bonds is 4. The summed E-state index contributed by atoms with van der Waals surface area (Å²) in [6.45, 7) is 7.90. The zero-order chi connectivity index (χ0) is 14.5. The van der Waals surface area contributed by atoms with Crippen molar-refractivity contribution in [2.24, 2.45) is 11.8 Å². The summed E-state index contributed by atoms with van der Waals surface area (Å²) in [4.78, 5) is 13.3. The molecule has 3 nitrogen and oxygen atoms in total. The first-order chi connectivity index (χ1) is 9.56. The van der Waals surface area contributed by atoms with E-state index in [2.05, 4.69) is 18.7 Å². The molecule has 0 amide bonds. The van der Waals surface area contributed by atoms with Crippen molar-refractivity contribution < 1.29 is 9.90 Å². The number of aromatic carboxylic acids is 1. The Morgan fingerprint density at radius 2 is 1.95 bits per heavy atom. The van der Waals surface area contributed by atoms with Gasteiger partial charge >= 0.3 is 5.97 Å². The van der Waals surface area contributed by atoms with Crippen molar-refractivity contribution in [2.45, 2.75) is 39.7 Å². The number of carboxylic acids is 1. The quantitative estimate of drug-likeness (QED) is 0.912. The highest BCUT2D eigenvalue weighted by Gasteiger charge is 2.19. The number of hydrogen-bond donors (Lipinski definition) is 1. The Kier molecular flexibility index (Phi) is 5.18. The molecule has 0 saturated carbocycles. The van der Waals surface area contributed by atoms with Crippen LogP contribution in [0.15, 0.2) is 24.3 Å². The van der Waals surface area contributed by atoms with Crippen molar-refractivity contribution >= 4 is 5.97 Å². The standard InChI is InChI=1S/C17H25NO2/c1-13(2)15-4-3-10-18(11-9-15)12-14-5-7-16(8-6-14)17(19)20/h5-8,13,15H,3-4,9-12H2,1-2H3,(H,19,20). The van der Waals surface area contributed by atoms with E-state index in [4.69, 9.17) is 5.11 Å². The van der Waals surface area contributed by atoms with Gasteiger partial charge < -0.3 is 5.11 Å². The predicted molar refractivity (Wildman–Crippen MR) is 80.9 cm³/mol. The van der Waals surface area contributed by atoms with Crippen LogP contribution in [0, 0.1) is 11.8 Å². The molecule has 1 aromatic rings. The number of likely N-dealkylation sites (tertiary alicyclic amines) is 1. The summed E-state index contributed by atoms with van der Waals surface area (Å²) in [6.07, 6.45) is 3.90. The van der Waals surface area contributed by atoms with Gasteiger partial charge in [-0.2, -0.15) is 0 Å². The summed E-state index contributed by atoms with van der Waals surface area (Å²) in [7, 11) is 0. The topological polar surface area (TPSA) is 40.5 Å². The van der Waals surface area contributed by atoms with Gasteiger partial charge in [-0.15, -0.1) is 0 Å². The highest BCUT2D eigenvalue weighted by molar-refractivity contribution is 5.87. The molecule has 1 N–H and O–H groups in total. The first-order valence-corrected chi connectivity index (χ1v) is 7.61. The van der Waals surface area contributed by atoms with E-state index < -0.39 is 5.97 Å². The van der Waals surface area contributed by atoms with Crippen LogP contribution >= 0.6 is 0 Å². The largest absolute Gasteiger partial charge is 0.478 e. The van der Waals surface area contributed by atoms with Crippen molar-refractivity contribution in [2.75, 3.05) is 13.1 Å². The minimum absolute atomic E-state index is 0.365. The second kappa shape index (κ2) is 6.89. The van der Waals surface area contributed by atoms with Crippen molar-refractivity contribution in [1.82, 2.24) is 4.90 Å². The number of nitrogens with zero attached hydrogens (tertiary/aromatic N) is 1. The summed E-state index contributed by atoms with van der Waals surface area (Å²) in [5.41, 5.74) is 1.57. The number of carboxylic acid groups (broad SMARTS) is 1. The molecule has 2 rings (SSSR count). The van der Waals surface area contributed by atoms with E-state index in [1.54, 1.807) is 12.1 Å². The van der Waals surface area contributed by atoms with E-state index in [1.807, 2.05) is 12.1 Å². The summed E-state index contributed by atoms with van der Waals surface area (Å²) in [5, 5.41) is 8.91. The molecule has 0 aliphatic carbocycles. The molecular weight excluding hydrogens is 250 g/mol. The van der Waals surface area contributed by atoms with Gasteiger partial charge in [0, 0.05) is 6.54 Å². The summed E-state index contributed by atoms with van der Waals surface area (Å²) in [6, 6.07) is 7.28. The smallest absolute Gasteiger partial charge is 0.335 e. The summed E-state index contributed by atoms with van der Waals surface area (Å²) < 4.78 is 0. The van der Waals surface area contributed by atoms with Crippen LogP contribution in [0.3, 0.4) is 0 Å². The molecule has 1 fully saturated rings. The van der Waals surface area contributed by atoms with Gasteiger partial charge in [0.15, 0.2) is 0 Å². The van der Waals surface area contributed by atoms with E-state index >= 15 is 0 Å². The number of benzene rings is 1. The van der Waals surface area contributed by atoms with Crippen LogP contribution in [-0.2, 0) is 6.54 Å². The lowest BCUT2D eigenvalue weighted by atomic mass is 9.89. The van der Waals surface area contributed by atoms with Crippen molar-refractivity contribution in [3.8, 4) is 0 Å². The monoisotopic (exact) mass is 275 g/mol. The normalized spacial score (nSPS) is 20.9. The zero-order valence-electron chi connectivity index (χ0n) is 12.5. The van der Waals surface area contributed by atoms with Gasteiger partial charge in [0.2, 0.25) is 0 Å². The van der Waals surface area contributed by atoms with Crippen LogP contribution in [0.2, 0.25) is 0 Å². The van der Waals surface area contributed by atoms with E-state index in [-0.39, 0.29) is 0 Å². The molecule has 0 spiro atoms. The average molecular weight is 275 g/mol. The molecule has 20 heavy (non-hydrogen) atoms. The third kappa shape index (κ3) is 4.07. The van der Waals surface area contributed by atoms with Crippen LogP contribution in [0.5, 0.6) is 0 Å². The minimum atomic E-state index is -0.855. The van der Waals surface area contributed by atoms with Crippen LogP contribution in [0.1, 0.15) is 49.0 Å². The maximum absolute atomic E-state index is 10.8. The highest BCUT2D eigenvalue weighted by atomic mass is 16.4. The van der Waals surface area contributed by atoms with Gasteiger partial charge in [-0.05, 0) is 61.9 Å². The van der Waals surface area contributed by atoms with Gasteiger partial charge in [-0.3, -0.25) is 4.90 Å². The molecule has 1 atom stereocenters. The molecular formula is C17H25NO2. The molecule has 110 valence electrons. The molecule has 1 aliphatic heterocycles. The fourth-order valence-electron chi connectivity index (χ4n) is 3.02. The second-order valence-corrected chi connectivity index (χ2v) is 6.21. The van der Waals surface area contributed by atoms with E-state index in [1.165, 1.54) is 24.8 Å². The first kappa shape index (κ1) is 15.0. The highest BCUT2D eigenvalue weighted by Crippen LogP contribution is 2.25. The molecule has 0 aromatic heterocycles. The molecule has 0 bridgehead atoms. The Labute approximate surface area is 121 Å². The van der Waals surface area contributed by atoms with E-state index in [0.717, 1.165) is 31.5 Å². The van der Waals surface area contributed by atoms with E-state index in [9.17, 15) is 4.79 Å². The Hall–Kier alpha value is -1.35. The van der Waals surface area contributed by atoms with Crippen molar-refractivity contribution in [1.29, 1.82) is 0 Å². The first-order valence-electron chi connectivity index (χ1n) is 7.61. The number of hydrogen-bond acceptors (Lipinski definition) is 2. The maximum Gasteiger partial charge on any atom is 0.335 e.